The summed E-state index contributed by atoms with van der Waals surface area (Å²) in [6.45, 7) is 5.19. The number of fused-ring (bicyclic) bond motifs is 2. The van der Waals surface area contributed by atoms with Gasteiger partial charge in [-0.05, 0) is 63.0 Å². The largest absolute Gasteiger partial charge is 0.489 e. The zero-order valence-corrected chi connectivity index (χ0v) is 13.5. The van der Waals surface area contributed by atoms with Crippen LogP contribution in [0, 0.1) is 17.8 Å². The summed E-state index contributed by atoms with van der Waals surface area (Å²) in [5, 5.41) is 0. The number of hydrogen-bond donors (Lipinski definition) is 1. The minimum atomic E-state index is 0.151. The summed E-state index contributed by atoms with van der Waals surface area (Å²) in [6.07, 6.45) is 5.93. The molecule has 2 saturated carbocycles. The van der Waals surface area contributed by atoms with E-state index in [-0.39, 0.29) is 6.10 Å². The van der Waals surface area contributed by atoms with E-state index in [0.717, 1.165) is 41.4 Å². The fourth-order valence-corrected chi connectivity index (χ4v) is 4.27. The fraction of sp³-hybridized carbons (Fsp3) is 0.667. The Balaban J connectivity index is 1.71. The molecule has 1 aromatic rings. The van der Waals surface area contributed by atoms with Crippen LogP contribution >= 0.6 is 0 Å². The second-order valence-electron chi connectivity index (χ2n) is 7.17. The molecule has 3 unspecified atom stereocenters. The Morgan fingerprint density at radius 1 is 1.29 bits per heavy atom. The first-order valence-electron chi connectivity index (χ1n) is 8.31. The summed E-state index contributed by atoms with van der Waals surface area (Å²) in [7, 11) is 2.16. The Kier molecular flexibility index (Phi) is 4.01. The van der Waals surface area contributed by atoms with Crippen LogP contribution in [-0.4, -0.2) is 19.7 Å². The van der Waals surface area contributed by atoms with Crippen molar-refractivity contribution in [1.82, 2.24) is 0 Å². The highest BCUT2D eigenvalue weighted by molar-refractivity contribution is 5.73. The monoisotopic (exact) mass is 288 g/mol. The molecule has 116 valence electrons. The van der Waals surface area contributed by atoms with Gasteiger partial charge < -0.3 is 15.4 Å². The van der Waals surface area contributed by atoms with Crippen molar-refractivity contribution in [2.75, 3.05) is 24.2 Å². The highest BCUT2D eigenvalue weighted by atomic mass is 16.5. The van der Waals surface area contributed by atoms with Gasteiger partial charge in [-0.3, -0.25) is 0 Å². The summed E-state index contributed by atoms with van der Waals surface area (Å²) < 4.78 is 5.80. The van der Waals surface area contributed by atoms with Gasteiger partial charge in [0.05, 0.1) is 17.5 Å². The van der Waals surface area contributed by atoms with Crippen LogP contribution in [0.4, 0.5) is 11.4 Å². The van der Waals surface area contributed by atoms with Crippen molar-refractivity contribution in [2.24, 2.45) is 17.8 Å². The normalized spacial score (nSPS) is 27.3. The standard InChI is InChI=1S/C18H28N2O/c1-12(2)21-17-6-4-5-16(18(17)19)20(3)11-15-10-13-7-8-14(15)9-13/h4-6,12-15H,7-11,19H2,1-3H3. The van der Waals surface area contributed by atoms with E-state index in [4.69, 9.17) is 10.5 Å². The summed E-state index contributed by atoms with van der Waals surface area (Å²) in [5.74, 6) is 3.61. The molecule has 2 bridgehead atoms. The number of para-hydroxylation sites is 1. The van der Waals surface area contributed by atoms with E-state index in [1.807, 2.05) is 26.0 Å². The predicted molar refractivity (Wildman–Crippen MR) is 88.8 cm³/mol. The molecule has 0 heterocycles. The summed E-state index contributed by atoms with van der Waals surface area (Å²) in [5.41, 5.74) is 8.20. The van der Waals surface area contributed by atoms with Crippen molar-refractivity contribution in [1.29, 1.82) is 0 Å². The molecule has 0 spiro atoms. The number of hydrogen-bond acceptors (Lipinski definition) is 3. The number of ether oxygens (including phenoxy) is 1. The number of nitrogens with zero attached hydrogens (tertiary/aromatic N) is 1. The Bertz CT molecular complexity index is 500. The zero-order chi connectivity index (χ0) is 15.0. The van der Waals surface area contributed by atoms with E-state index in [9.17, 15) is 0 Å². The van der Waals surface area contributed by atoms with E-state index in [1.165, 1.54) is 25.7 Å². The molecule has 1 aromatic carbocycles. The second-order valence-corrected chi connectivity index (χ2v) is 7.17. The lowest BCUT2D eigenvalue weighted by atomic mass is 9.88. The average Bonchev–Trinajstić information content (AvgIpc) is 3.03. The lowest BCUT2D eigenvalue weighted by Gasteiger charge is -2.29. The van der Waals surface area contributed by atoms with Crippen molar-refractivity contribution in [3.63, 3.8) is 0 Å². The highest BCUT2D eigenvalue weighted by Gasteiger charge is 2.39. The van der Waals surface area contributed by atoms with E-state index < -0.39 is 0 Å². The van der Waals surface area contributed by atoms with Gasteiger partial charge in [0, 0.05) is 13.6 Å². The highest BCUT2D eigenvalue weighted by Crippen LogP contribution is 2.48. The van der Waals surface area contributed by atoms with Crippen LogP contribution in [0.1, 0.15) is 39.5 Å². The molecule has 2 N–H and O–H groups in total. The third kappa shape index (κ3) is 2.97. The van der Waals surface area contributed by atoms with Crippen molar-refractivity contribution in [2.45, 2.75) is 45.6 Å². The molecule has 3 nitrogen and oxygen atoms in total. The van der Waals surface area contributed by atoms with Gasteiger partial charge in [0.25, 0.3) is 0 Å². The predicted octanol–water partition coefficient (Wildman–Crippen LogP) is 3.93. The van der Waals surface area contributed by atoms with E-state index in [0.29, 0.717) is 0 Å². The lowest BCUT2D eigenvalue weighted by Crippen LogP contribution is -2.29. The molecule has 0 saturated heterocycles. The van der Waals surface area contributed by atoms with Crippen LogP contribution in [-0.2, 0) is 0 Å². The van der Waals surface area contributed by atoms with Crippen LogP contribution in [0.15, 0.2) is 18.2 Å². The van der Waals surface area contributed by atoms with E-state index in [2.05, 4.69) is 18.0 Å². The van der Waals surface area contributed by atoms with Crippen molar-refractivity contribution < 1.29 is 4.74 Å². The maximum absolute atomic E-state index is 6.32. The maximum atomic E-state index is 6.32. The molecule has 21 heavy (non-hydrogen) atoms. The number of nitrogen functional groups attached to an aromatic ring is 1. The van der Waals surface area contributed by atoms with Gasteiger partial charge in [-0.25, -0.2) is 0 Å². The SMILES string of the molecule is CC(C)Oc1cccc(N(C)CC2CC3CCC2C3)c1N. The minimum absolute atomic E-state index is 0.151. The van der Waals surface area contributed by atoms with Crippen LogP contribution in [0.25, 0.3) is 0 Å². The van der Waals surface area contributed by atoms with Crippen molar-refractivity contribution in [3.05, 3.63) is 18.2 Å². The maximum Gasteiger partial charge on any atom is 0.144 e. The molecule has 0 aromatic heterocycles. The fourth-order valence-electron chi connectivity index (χ4n) is 4.27. The van der Waals surface area contributed by atoms with Crippen molar-refractivity contribution >= 4 is 11.4 Å². The first-order valence-corrected chi connectivity index (χ1v) is 8.31. The lowest BCUT2D eigenvalue weighted by molar-refractivity contribution is 0.244. The first-order chi connectivity index (χ1) is 10.0. The van der Waals surface area contributed by atoms with Gasteiger partial charge in [0.1, 0.15) is 5.75 Å². The Morgan fingerprint density at radius 3 is 2.71 bits per heavy atom. The summed E-state index contributed by atoms with van der Waals surface area (Å²) in [6, 6.07) is 6.11. The molecule has 3 heteroatoms. The molecule has 3 atom stereocenters. The summed E-state index contributed by atoms with van der Waals surface area (Å²) >= 11 is 0. The number of anilines is 2. The molecule has 3 rings (SSSR count). The third-order valence-corrected chi connectivity index (χ3v) is 5.21. The molecule has 0 amide bonds. The van der Waals surface area contributed by atoms with Crippen LogP contribution in [0.2, 0.25) is 0 Å². The number of benzene rings is 1. The van der Waals surface area contributed by atoms with Crippen LogP contribution < -0.4 is 15.4 Å². The molecule has 0 aliphatic heterocycles. The average molecular weight is 288 g/mol. The van der Waals surface area contributed by atoms with Gasteiger partial charge in [-0.2, -0.15) is 0 Å². The van der Waals surface area contributed by atoms with Crippen molar-refractivity contribution in [3.8, 4) is 5.75 Å². The molecular weight excluding hydrogens is 260 g/mol. The number of nitrogens with two attached hydrogens (primary N) is 1. The molecule has 2 fully saturated rings. The number of rotatable bonds is 5. The van der Waals surface area contributed by atoms with E-state index >= 15 is 0 Å². The Hall–Kier alpha value is -1.38. The van der Waals surface area contributed by atoms with Crippen LogP contribution in [0.5, 0.6) is 5.75 Å². The summed E-state index contributed by atoms with van der Waals surface area (Å²) in [4.78, 5) is 2.33. The van der Waals surface area contributed by atoms with Gasteiger partial charge >= 0.3 is 0 Å². The van der Waals surface area contributed by atoms with Gasteiger partial charge in [0.2, 0.25) is 0 Å². The first kappa shape index (κ1) is 14.6. The van der Waals surface area contributed by atoms with Gasteiger partial charge in [-0.1, -0.05) is 12.5 Å². The minimum Gasteiger partial charge on any atom is -0.489 e. The molecular formula is C18H28N2O. The Labute approximate surface area is 128 Å². The Morgan fingerprint density at radius 2 is 2.10 bits per heavy atom. The van der Waals surface area contributed by atoms with Gasteiger partial charge in [0.15, 0.2) is 0 Å². The molecule has 2 aliphatic rings. The zero-order valence-electron chi connectivity index (χ0n) is 13.5. The third-order valence-electron chi connectivity index (χ3n) is 5.21. The topological polar surface area (TPSA) is 38.5 Å². The molecule has 2 aliphatic carbocycles. The quantitative estimate of drug-likeness (QED) is 0.834. The van der Waals surface area contributed by atoms with E-state index in [1.54, 1.807) is 0 Å². The van der Waals surface area contributed by atoms with Gasteiger partial charge in [-0.15, -0.1) is 0 Å². The smallest absolute Gasteiger partial charge is 0.144 e. The van der Waals surface area contributed by atoms with Crippen LogP contribution in [0.3, 0.4) is 0 Å². The molecule has 0 radical (unpaired) electrons. The second kappa shape index (κ2) is 5.78.